The van der Waals surface area contributed by atoms with Crippen molar-refractivity contribution in [3.63, 3.8) is 0 Å². The van der Waals surface area contributed by atoms with Gasteiger partial charge in [0.15, 0.2) is 0 Å². The first-order valence-electron chi connectivity index (χ1n) is 9.83. The van der Waals surface area contributed by atoms with E-state index in [0.29, 0.717) is 0 Å². The number of nitrogens with zero attached hydrogens (tertiary/aromatic N) is 1. The molecular formula is C27H18N2. The number of nitrogens with one attached hydrogen (secondary N) is 1. The number of aromatic nitrogens is 2. The molecule has 0 aliphatic heterocycles. The third-order valence-corrected chi connectivity index (χ3v) is 5.61. The van der Waals surface area contributed by atoms with E-state index < -0.39 is 0 Å². The lowest BCUT2D eigenvalue weighted by atomic mass is 9.94. The number of fused-ring (bicyclic) bond motifs is 4. The molecule has 2 heteroatoms. The van der Waals surface area contributed by atoms with E-state index in [0.717, 1.165) is 16.7 Å². The molecule has 0 unspecified atom stereocenters. The monoisotopic (exact) mass is 370 g/mol. The Morgan fingerprint density at radius 2 is 1.24 bits per heavy atom. The Hall–Kier alpha value is -3.91. The van der Waals surface area contributed by atoms with Crippen LogP contribution in [0.25, 0.3) is 55.1 Å². The summed E-state index contributed by atoms with van der Waals surface area (Å²) < 4.78 is 0. The summed E-state index contributed by atoms with van der Waals surface area (Å²) in [5, 5.41) is 3.57. The van der Waals surface area contributed by atoms with Crippen molar-refractivity contribution in [2.24, 2.45) is 0 Å². The van der Waals surface area contributed by atoms with E-state index in [-0.39, 0.29) is 0 Å². The lowest BCUT2D eigenvalue weighted by Gasteiger charge is -2.11. The van der Waals surface area contributed by atoms with Crippen LogP contribution in [0.2, 0.25) is 0 Å². The van der Waals surface area contributed by atoms with Crippen LogP contribution in [0.5, 0.6) is 0 Å². The first-order valence-corrected chi connectivity index (χ1v) is 9.83. The molecule has 4 aromatic carbocycles. The second-order valence-electron chi connectivity index (χ2n) is 7.34. The minimum absolute atomic E-state index is 0.933. The highest BCUT2D eigenvalue weighted by Gasteiger charge is 2.16. The van der Waals surface area contributed by atoms with Crippen LogP contribution in [0.15, 0.2) is 103 Å². The van der Waals surface area contributed by atoms with E-state index in [4.69, 9.17) is 4.98 Å². The highest BCUT2D eigenvalue weighted by atomic mass is 14.9. The SMILES string of the molecule is c1ccc(-c2ccc3c(-c4ccccc4)c4c(nc3c2)[nH]c2ccccc24)cc1. The largest absolute Gasteiger partial charge is 0.339 e. The average molecular weight is 370 g/mol. The Kier molecular flexibility index (Phi) is 3.50. The summed E-state index contributed by atoms with van der Waals surface area (Å²) in [4.78, 5) is 8.56. The van der Waals surface area contributed by atoms with Crippen LogP contribution in [0.3, 0.4) is 0 Å². The minimum Gasteiger partial charge on any atom is -0.339 e. The van der Waals surface area contributed by atoms with Gasteiger partial charge in [0.05, 0.1) is 5.52 Å². The first kappa shape index (κ1) is 16.1. The molecule has 136 valence electrons. The number of hydrogen-bond acceptors (Lipinski definition) is 1. The van der Waals surface area contributed by atoms with Gasteiger partial charge in [-0.1, -0.05) is 91.0 Å². The standard InChI is InChI=1S/C27H18N2/c1-3-9-18(10-4-1)20-15-16-22-24(17-20)29-27-26(21-13-7-8-14-23(21)28-27)25(22)19-11-5-2-6-12-19/h1-17H,(H,28,29). The van der Waals surface area contributed by atoms with Gasteiger partial charge in [0, 0.05) is 27.2 Å². The smallest absolute Gasteiger partial charge is 0.139 e. The maximum absolute atomic E-state index is 5.03. The Morgan fingerprint density at radius 3 is 2.03 bits per heavy atom. The highest BCUT2D eigenvalue weighted by molar-refractivity contribution is 6.19. The van der Waals surface area contributed by atoms with Crippen molar-refractivity contribution in [3.8, 4) is 22.3 Å². The molecule has 0 fully saturated rings. The Morgan fingerprint density at radius 1 is 0.552 bits per heavy atom. The molecule has 2 aromatic heterocycles. The molecule has 0 spiro atoms. The number of pyridine rings is 1. The van der Waals surface area contributed by atoms with Gasteiger partial charge in [0.25, 0.3) is 0 Å². The molecule has 0 radical (unpaired) electrons. The second-order valence-corrected chi connectivity index (χ2v) is 7.34. The van der Waals surface area contributed by atoms with Gasteiger partial charge in [-0.25, -0.2) is 4.98 Å². The van der Waals surface area contributed by atoms with Crippen LogP contribution < -0.4 is 0 Å². The van der Waals surface area contributed by atoms with Crippen molar-refractivity contribution in [3.05, 3.63) is 103 Å². The highest BCUT2D eigenvalue weighted by Crippen LogP contribution is 2.39. The molecule has 0 aliphatic carbocycles. The van der Waals surface area contributed by atoms with Crippen LogP contribution in [0.4, 0.5) is 0 Å². The van der Waals surface area contributed by atoms with Gasteiger partial charge in [0.2, 0.25) is 0 Å². The normalized spacial score (nSPS) is 11.4. The molecule has 0 saturated heterocycles. The first-order chi connectivity index (χ1) is 14.4. The zero-order valence-electron chi connectivity index (χ0n) is 15.8. The number of hydrogen-bond donors (Lipinski definition) is 1. The van der Waals surface area contributed by atoms with Gasteiger partial charge in [-0.2, -0.15) is 0 Å². The fraction of sp³-hybridized carbons (Fsp3) is 0. The Balaban J connectivity index is 1.75. The van der Waals surface area contributed by atoms with E-state index in [9.17, 15) is 0 Å². The zero-order chi connectivity index (χ0) is 19.2. The molecule has 6 aromatic rings. The van der Waals surface area contributed by atoms with Gasteiger partial charge in [0.1, 0.15) is 5.65 Å². The average Bonchev–Trinajstić information content (AvgIpc) is 3.16. The summed E-state index contributed by atoms with van der Waals surface area (Å²) >= 11 is 0. The maximum atomic E-state index is 5.03. The van der Waals surface area contributed by atoms with Crippen molar-refractivity contribution >= 4 is 32.8 Å². The Labute approximate surface area is 168 Å². The molecule has 0 amide bonds. The van der Waals surface area contributed by atoms with Gasteiger partial charge in [-0.3, -0.25) is 0 Å². The van der Waals surface area contributed by atoms with Crippen molar-refractivity contribution < 1.29 is 0 Å². The molecule has 0 saturated carbocycles. The number of para-hydroxylation sites is 1. The third kappa shape index (κ3) is 2.54. The van der Waals surface area contributed by atoms with Crippen molar-refractivity contribution in [1.82, 2.24) is 9.97 Å². The van der Waals surface area contributed by atoms with Crippen LogP contribution in [0.1, 0.15) is 0 Å². The van der Waals surface area contributed by atoms with E-state index >= 15 is 0 Å². The van der Waals surface area contributed by atoms with Crippen molar-refractivity contribution in [2.45, 2.75) is 0 Å². The minimum atomic E-state index is 0.933. The van der Waals surface area contributed by atoms with Crippen LogP contribution in [-0.4, -0.2) is 9.97 Å². The fourth-order valence-electron chi connectivity index (χ4n) is 4.27. The molecular weight excluding hydrogens is 352 g/mol. The molecule has 2 heterocycles. The number of benzene rings is 4. The molecule has 0 atom stereocenters. The third-order valence-electron chi connectivity index (χ3n) is 5.61. The topological polar surface area (TPSA) is 28.7 Å². The molecule has 1 N–H and O–H groups in total. The molecule has 2 nitrogen and oxygen atoms in total. The molecule has 6 rings (SSSR count). The summed E-state index contributed by atoms with van der Waals surface area (Å²) in [6.07, 6.45) is 0. The van der Waals surface area contributed by atoms with E-state index in [2.05, 4.69) is 102 Å². The second kappa shape index (κ2) is 6.32. The van der Waals surface area contributed by atoms with Gasteiger partial charge in [-0.05, 0) is 28.8 Å². The van der Waals surface area contributed by atoms with Crippen molar-refractivity contribution in [1.29, 1.82) is 0 Å². The molecule has 29 heavy (non-hydrogen) atoms. The summed E-state index contributed by atoms with van der Waals surface area (Å²) in [6, 6.07) is 36.1. The predicted octanol–water partition coefficient (Wildman–Crippen LogP) is 7.20. The van der Waals surface area contributed by atoms with E-state index in [1.165, 1.54) is 38.4 Å². The maximum Gasteiger partial charge on any atom is 0.139 e. The summed E-state index contributed by atoms with van der Waals surface area (Å²) in [5.41, 5.74) is 7.89. The van der Waals surface area contributed by atoms with Gasteiger partial charge in [-0.15, -0.1) is 0 Å². The number of rotatable bonds is 2. The van der Waals surface area contributed by atoms with E-state index in [1.807, 2.05) is 6.07 Å². The van der Waals surface area contributed by atoms with Crippen molar-refractivity contribution in [2.75, 3.05) is 0 Å². The summed E-state index contributed by atoms with van der Waals surface area (Å²) in [7, 11) is 0. The van der Waals surface area contributed by atoms with Gasteiger partial charge < -0.3 is 4.98 Å². The fourth-order valence-corrected chi connectivity index (χ4v) is 4.27. The Bertz CT molecular complexity index is 1480. The predicted molar refractivity (Wildman–Crippen MR) is 122 cm³/mol. The number of H-pyrrole nitrogens is 1. The van der Waals surface area contributed by atoms with Crippen LogP contribution in [-0.2, 0) is 0 Å². The molecule has 0 bridgehead atoms. The van der Waals surface area contributed by atoms with Gasteiger partial charge >= 0.3 is 0 Å². The van der Waals surface area contributed by atoms with E-state index in [1.54, 1.807) is 0 Å². The quantitative estimate of drug-likeness (QED) is 0.343. The summed E-state index contributed by atoms with van der Waals surface area (Å²) in [5.74, 6) is 0. The van der Waals surface area contributed by atoms with Crippen LogP contribution in [0, 0.1) is 0 Å². The molecule has 0 aliphatic rings. The lowest BCUT2D eigenvalue weighted by Crippen LogP contribution is -1.89. The number of aromatic amines is 1. The summed E-state index contributed by atoms with van der Waals surface area (Å²) in [6.45, 7) is 0. The van der Waals surface area contributed by atoms with Crippen LogP contribution >= 0.6 is 0 Å². The lowest BCUT2D eigenvalue weighted by molar-refractivity contribution is 1.40. The zero-order valence-corrected chi connectivity index (χ0v) is 15.8.